The first-order valence-electron chi connectivity index (χ1n) is 11.6. The fraction of sp³-hybridized carbons (Fsp3) is 0.207. The van der Waals surface area contributed by atoms with Gasteiger partial charge in [0.2, 0.25) is 6.79 Å². The van der Waals surface area contributed by atoms with Gasteiger partial charge in [-0.1, -0.05) is 39.0 Å². The lowest BCUT2D eigenvalue weighted by Crippen LogP contribution is -2.30. The molecule has 2 N–H and O–H groups in total. The summed E-state index contributed by atoms with van der Waals surface area (Å²) in [5.41, 5.74) is 3.22. The molecule has 3 aromatic carbocycles. The molecule has 0 saturated heterocycles. The van der Waals surface area contributed by atoms with Crippen LogP contribution in [0.3, 0.4) is 0 Å². The second-order valence-corrected chi connectivity index (χ2v) is 9.54. The van der Waals surface area contributed by atoms with E-state index in [-0.39, 0.29) is 23.7 Å². The zero-order chi connectivity index (χ0) is 25.9. The number of Topliss-reactive ketones (excluding diaryl/α,β-unsaturated/α-hetero) is 1. The maximum Gasteiger partial charge on any atom is 0.272 e. The molecule has 3 aromatic rings. The smallest absolute Gasteiger partial charge is 0.272 e. The quantitative estimate of drug-likeness (QED) is 0.365. The summed E-state index contributed by atoms with van der Waals surface area (Å²) in [6, 6.07) is 19.1. The molecule has 0 aliphatic carbocycles. The van der Waals surface area contributed by atoms with E-state index in [1.165, 1.54) is 6.92 Å². The molecule has 0 saturated carbocycles. The molecule has 7 nitrogen and oxygen atoms in total. The summed E-state index contributed by atoms with van der Waals surface area (Å²) in [7, 11) is 0. The minimum atomic E-state index is -0.511. The van der Waals surface area contributed by atoms with Crippen LogP contribution in [0, 0.1) is 0 Å². The average Bonchev–Trinajstić information content (AvgIpc) is 3.31. The number of anilines is 1. The Balaban J connectivity index is 1.60. The number of ether oxygens (including phenoxy) is 2. The highest BCUT2D eigenvalue weighted by Crippen LogP contribution is 2.33. The first-order valence-corrected chi connectivity index (χ1v) is 11.6. The Morgan fingerprint density at radius 1 is 0.833 bits per heavy atom. The highest BCUT2D eigenvalue weighted by molar-refractivity contribution is 6.10. The number of ketones is 1. The van der Waals surface area contributed by atoms with E-state index in [1.54, 1.807) is 60.7 Å². The fourth-order valence-corrected chi connectivity index (χ4v) is 3.63. The summed E-state index contributed by atoms with van der Waals surface area (Å²) in [5, 5.41) is 5.52. The first-order chi connectivity index (χ1) is 17.1. The number of rotatable bonds is 6. The van der Waals surface area contributed by atoms with Gasteiger partial charge in [-0.05, 0) is 78.1 Å². The van der Waals surface area contributed by atoms with E-state index < -0.39 is 11.8 Å². The minimum Gasteiger partial charge on any atom is -0.454 e. The maximum atomic E-state index is 13.2. The molecule has 0 bridgehead atoms. The highest BCUT2D eigenvalue weighted by atomic mass is 16.7. The summed E-state index contributed by atoms with van der Waals surface area (Å²) >= 11 is 0. The Hall–Kier alpha value is -4.39. The van der Waals surface area contributed by atoms with Crippen molar-refractivity contribution in [3.05, 3.63) is 94.7 Å². The number of nitrogens with one attached hydrogen (secondary N) is 2. The molecular weight excluding hydrogens is 456 g/mol. The SMILES string of the molecule is CC(=O)c1ccc(NC(=O)/C(=C/c2ccc3c(c2)OCO3)NC(=O)c2ccc(C(C)(C)C)cc2)cc1. The number of amides is 2. The van der Waals surface area contributed by atoms with Crippen molar-refractivity contribution in [2.45, 2.75) is 33.1 Å². The minimum absolute atomic E-state index is 0.0444. The second kappa shape index (κ2) is 10.1. The first kappa shape index (κ1) is 24.7. The monoisotopic (exact) mass is 484 g/mol. The molecule has 0 fully saturated rings. The van der Waals surface area contributed by atoms with Crippen molar-refractivity contribution in [2.75, 3.05) is 12.1 Å². The van der Waals surface area contributed by atoms with Gasteiger partial charge in [-0.15, -0.1) is 0 Å². The Morgan fingerprint density at radius 3 is 2.11 bits per heavy atom. The molecule has 2 amide bonds. The lowest BCUT2D eigenvalue weighted by Gasteiger charge is -2.19. The molecule has 0 aromatic heterocycles. The summed E-state index contributed by atoms with van der Waals surface area (Å²) in [6.45, 7) is 7.90. The molecule has 184 valence electrons. The summed E-state index contributed by atoms with van der Waals surface area (Å²) in [5.74, 6) is 0.188. The second-order valence-electron chi connectivity index (χ2n) is 9.54. The molecule has 1 aliphatic rings. The lowest BCUT2D eigenvalue weighted by atomic mass is 9.87. The van der Waals surface area contributed by atoms with Gasteiger partial charge in [0, 0.05) is 16.8 Å². The number of fused-ring (bicyclic) bond motifs is 1. The van der Waals surface area contributed by atoms with Gasteiger partial charge in [0.1, 0.15) is 5.70 Å². The van der Waals surface area contributed by atoms with Gasteiger partial charge in [0.05, 0.1) is 0 Å². The maximum absolute atomic E-state index is 13.2. The van der Waals surface area contributed by atoms with Crippen LogP contribution in [-0.2, 0) is 10.2 Å². The summed E-state index contributed by atoms with van der Waals surface area (Å²) in [6.07, 6.45) is 1.57. The van der Waals surface area contributed by atoms with Crippen LogP contribution in [0.4, 0.5) is 5.69 Å². The standard InChI is InChI=1S/C29H28N2O5/c1-18(32)20-8-12-23(13-9-20)30-28(34)24(15-19-5-14-25-26(16-19)36-17-35-25)31-27(33)21-6-10-22(11-7-21)29(2,3)4/h5-16H,17H2,1-4H3,(H,30,34)(H,31,33)/b24-15-. The van der Waals surface area contributed by atoms with Crippen LogP contribution in [0.5, 0.6) is 11.5 Å². The Bertz CT molecular complexity index is 1330. The van der Waals surface area contributed by atoms with Crippen molar-refractivity contribution in [3.8, 4) is 11.5 Å². The van der Waals surface area contributed by atoms with Crippen LogP contribution in [0.1, 0.15) is 59.5 Å². The van der Waals surface area contributed by atoms with Crippen LogP contribution >= 0.6 is 0 Å². The lowest BCUT2D eigenvalue weighted by molar-refractivity contribution is -0.113. The molecule has 0 radical (unpaired) electrons. The molecule has 0 spiro atoms. The molecule has 7 heteroatoms. The molecular formula is C29H28N2O5. The normalized spacial score (nSPS) is 12.7. The van der Waals surface area contributed by atoms with Gasteiger partial charge in [0.15, 0.2) is 17.3 Å². The molecule has 36 heavy (non-hydrogen) atoms. The zero-order valence-electron chi connectivity index (χ0n) is 20.7. The number of benzene rings is 3. The van der Waals surface area contributed by atoms with Crippen molar-refractivity contribution in [1.82, 2.24) is 5.32 Å². The van der Waals surface area contributed by atoms with Gasteiger partial charge in [0.25, 0.3) is 11.8 Å². The third kappa shape index (κ3) is 5.81. The van der Waals surface area contributed by atoms with Crippen molar-refractivity contribution in [2.24, 2.45) is 0 Å². The third-order valence-corrected chi connectivity index (χ3v) is 5.76. The molecule has 0 unspecified atom stereocenters. The van der Waals surface area contributed by atoms with Gasteiger partial charge in [-0.25, -0.2) is 0 Å². The van der Waals surface area contributed by atoms with Crippen molar-refractivity contribution < 1.29 is 23.9 Å². The largest absolute Gasteiger partial charge is 0.454 e. The predicted molar refractivity (Wildman–Crippen MR) is 138 cm³/mol. The van der Waals surface area contributed by atoms with Crippen LogP contribution in [0.25, 0.3) is 6.08 Å². The average molecular weight is 485 g/mol. The molecule has 4 rings (SSSR count). The van der Waals surface area contributed by atoms with Crippen LogP contribution in [0.15, 0.2) is 72.4 Å². The van der Waals surface area contributed by atoms with E-state index >= 15 is 0 Å². The van der Waals surface area contributed by atoms with Gasteiger partial charge in [-0.3, -0.25) is 14.4 Å². The van der Waals surface area contributed by atoms with E-state index in [2.05, 4.69) is 31.4 Å². The van der Waals surface area contributed by atoms with Crippen LogP contribution < -0.4 is 20.1 Å². The van der Waals surface area contributed by atoms with Gasteiger partial charge in [-0.2, -0.15) is 0 Å². The van der Waals surface area contributed by atoms with Crippen molar-refractivity contribution in [3.63, 3.8) is 0 Å². The van der Waals surface area contributed by atoms with Crippen molar-refractivity contribution >= 4 is 29.4 Å². The van der Waals surface area contributed by atoms with Crippen LogP contribution in [0.2, 0.25) is 0 Å². The zero-order valence-corrected chi connectivity index (χ0v) is 20.7. The predicted octanol–water partition coefficient (Wildman–Crippen LogP) is 5.33. The number of carbonyl (C=O) groups is 3. The van der Waals surface area contributed by atoms with E-state index in [1.807, 2.05) is 12.1 Å². The number of hydrogen-bond acceptors (Lipinski definition) is 5. The van der Waals surface area contributed by atoms with E-state index in [4.69, 9.17) is 9.47 Å². The van der Waals surface area contributed by atoms with Crippen molar-refractivity contribution in [1.29, 1.82) is 0 Å². The molecule has 1 aliphatic heterocycles. The van der Waals surface area contributed by atoms with Gasteiger partial charge >= 0.3 is 0 Å². The topological polar surface area (TPSA) is 93.7 Å². The third-order valence-electron chi connectivity index (χ3n) is 5.76. The number of carbonyl (C=O) groups excluding carboxylic acids is 3. The Morgan fingerprint density at radius 2 is 1.47 bits per heavy atom. The van der Waals surface area contributed by atoms with E-state index in [0.29, 0.717) is 33.9 Å². The number of hydrogen-bond donors (Lipinski definition) is 2. The van der Waals surface area contributed by atoms with E-state index in [0.717, 1.165) is 5.56 Å². The molecule has 1 heterocycles. The van der Waals surface area contributed by atoms with Gasteiger partial charge < -0.3 is 20.1 Å². The summed E-state index contributed by atoms with van der Waals surface area (Å²) < 4.78 is 10.8. The van der Waals surface area contributed by atoms with Crippen LogP contribution in [-0.4, -0.2) is 24.4 Å². The highest BCUT2D eigenvalue weighted by Gasteiger charge is 2.19. The van der Waals surface area contributed by atoms with E-state index in [9.17, 15) is 14.4 Å². The molecule has 0 atom stereocenters. The summed E-state index contributed by atoms with van der Waals surface area (Å²) in [4.78, 5) is 37.8. The Labute approximate surface area is 210 Å². The Kier molecular flexibility index (Phi) is 6.92. The fourth-order valence-electron chi connectivity index (χ4n) is 3.63.